The highest BCUT2D eigenvalue weighted by Gasteiger charge is 1.85. The van der Waals surface area contributed by atoms with E-state index in [1.165, 1.54) is 6.08 Å². The number of nitrogens with zero attached hydrogens (tertiary/aromatic N) is 1. The van der Waals surface area contributed by atoms with Crippen molar-refractivity contribution in [1.82, 2.24) is 0 Å². The number of hydrogen-bond donors (Lipinski definition) is 0. The second-order valence-corrected chi connectivity index (χ2v) is 2.04. The van der Waals surface area contributed by atoms with E-state index < -0.39 is 0 Å². The van der Waals surface area contributed by atoms with Crippen LogP contribution < -0.4 is 0 Å². The molecular formula is C8H10NOP. The third-order valence-corrected chi connectivity index (χ3v) is 1.21. The van der Waals surface area contributed by atoms with Crippen molar-refractivity contribution in [3.05, 3.63) is 29.8 Å². The van der Waals surface area contributed by atoms with Crippen LogP contribution in [0.15, 0.2) is 29.3 Å². The Morgan fingerprint density at radius 3 is 2.27 bits per heavy atom. The lowest BCUT2D eigenvalue weighted by Gasteiger charge is -1.89. The fourth-order valence-electron chi connectivity index (χ4n) is 0.672. The normalized spacial score (nSPS) is 7.73. The van der Waals surface area contributed by atoms with Gasteiger partial charge >= 0.3 is 0 Å². The molecule has 0 radical (unpaired) electrons. The third-order valence-electron chi connectivity index (χ3n) is 1.21. The van der Waals surface area contributed by atoms with E-state index in [-0.39, 0.29) is 9.90 Å². The molecule has 1 rings (SSSR count). The molecule has 1 aromatic carbocycles. The van der Waals surface area contributed by atoms with E-state index in [1.807, 2.05) is 19.1 Å². The Morgan fingerprint density at radius 2 is 1.82 bits per heavy atom. The van der Waals surface area contributed by atoms with Crippen LogP contribution in [-0.2, 0) is 4.79 Å². The summed E-state index contributed by atoms with van der Waals surface area (Å²) in [5.41, 5.74) is 1.81. The van der Waals surface area contributed by atoms with Gasteiger partial charge in [-0.25, -0.2) is 4.79 Å². The summed E-state index contributed by atoms with van der Waals surface area (Å²) in [5, 5.41) is 0. The molecule has 1 atom stereocenters. The molecule has 0 saturated carbocycles. The Labute approximate surface area is 69.0 Å². The smallest absolute Gasteiger partial charge is 0.211 e. The molecule has 3 heteroatoms. The zero-order chi connectivity index (χ0) is 7.40. The van der Waals surface area contributed by atoms with E-state index in [2.05, 4.69) is 4.99 Å². The maximum atomic E-state index is 9.77. The van der Waals surface area contributed by atoms with E-state index in [9.17, 15) is 4.79 Å². The first-order valence-corrected chi connectivity index (χ1v) is 2.97. The number of hydrogen-bond acceptors (Lipinski definition) is 2. The molecule has 11 heavy (non-hydrogen) atoms. The predicted octanol–water partition coefficient (Wildman–Crippen LogP) is 2.02. The van der Waals surface area contributed by atoms with Crippen molar-refractivity contribution in [1.29, 1.82) is 0 Å². The minimum Gasteiger partial charge on any atom is -0.211 e. The molecule has 58 valence electrons. The molecule has 0 heterocycles. The van der Waals surface area contributed by atoms with Gasteiger partial charge in [0, 0.05) is 0 Å². The van der Waals surface area contributed by atoms with Gasteiger partial charge in [0.25, 0.3) is 0 Å². The van der Waals surface area contributed by atoms with E-state index in [0.717, 1.165) is 5.56 Å². The van der Waals surface area contributed by atoms with Gasteiger partial charge in [-0.3, -0.25) is 0 Å². The van der Waals surface area contributed by atoms with Crippen molar-refractivity contribution in [2.24, 2.45) is 4.99 Å². The van der Waals surface area contributed by atoms with Gasteiger partial charge in [-0.1, -0.05) is 17.7 Å². The van der Waals surface area contributed by atoms with Crippen LogP contribution >= 0.6 is 9.90 Å². The Bertz CT molecular complexity index is 262. The lowest BCUT2D eigenvalue weighted by molar-refractivity contribution is 0.565. The first-order valence-electron chi connectivity index (χ1n) is 2.97. The van der Waals surface area contributed by atoms with Crippen LogP contribution in [0.5, 0.6) is 0 Å². The summed E-state index contributed by atoms with van der Waals surface area (Å²) in [5.74, 6) is 0. The molecule has 0 aromatic heterocycles. The molecule has 0 amide bonds. The molecule has 0 bridgehead atoms. The standard InChI is InChI=1S/C8H7NO.H3P/c1-7-2-4-8(5-3-7)9-6-10;/h2-5H,1H3;1H3. The van der Waals surface area contributed by atoms with Crippen molar-refractivity contribution in [3.8, 4) is 0 Å². The maximum Gasteiger partial charge on any atom is 0.240 e. The number of carbonyl (C=O) groups excluding carboxylic acids is 1. The molecular weight excluding hydrogens is 157 g/mol. The van der Waals surface area contributed by atoms with Crippen LogP contribution in [-0.4, -0.2) is 6.08 Å². The largest absolute Gasteiger partial charge is 0.240 e. The minimum absolute atomic E-state index is 0. The monoisotopic (exact) mass is 167 g/mol. The molecule has 0 aliphatic carbocycles. The summed E-state index contributed by atoms with van der Waals surface area (Å²) in [4.78, 5) is 13.2. The van der Waals surface area contributed by atoms with Crippen LogP contribution in [0.4, 0.5) is 5.69 Å². The Balaban J connectivity index is 0.000001000. The number of aliphatic imine (C=N–C) groups is 1. The van der Waals surface area contributed by atoms with Gasteiger partial charge in [0.15, 0.2) is 0 Å². The number of benzene rings is 1. The molecule has 0 N–H and O–H groups in total. The summed E-state index contributed by atoms with van der Waals surface area (Å²) >= 11 is 0. The molecule has 0 saturated heterocycles. The zero-order valence-corrected chi connectivity index (χ0v) is 7.79. The van der Waals surface area contributed by atoms with Gasteiger partial charge in [-0.2, -0.15) is 14.9 Å². The first-order chi connectivity index (χ1) is 4.83. The van der Waals surface area contributed by atoms with Crippen molar-refractivity contribution < 1.29 is 4.79 Å². The molecule has 0 aliphatic rings. The van der Waals surface area contributed by atoms with E-state index >= 15 is 0 Å². The Kier molecular flexibility index (Phi) is 4.36. The van der Waals surface area contributed by atoms with Crippen molar-refractivity contribution in [3.63, 3.8) is 0 Å². The van der Waals surface area contributed by atoms with Gasteiger partial charge in [0.2, 0.25) is 6.08 Å². The Morgan fingerprint density at radius 1 is 1.27 bits per heavy atom. The maximum absolute atomic E-state index is 9.77. The van der Waals surface area contributed by atoms with E-state index in [1.54, 1.807) is 12.1 Å². The van der Waals surface area contributed by atoms with E-state index in [0.29, 0.717) is 5.69 Å². The van der Waals surface area contributed by atoms with Gasteiger partial charge in [-0.15, -0.1) is 0 Å². The van der Waals surface area contributed by atoms with Gasteiger partial charge in [0.1, 0.15) is 0 Å². The molecule has 1 aromatic rings. The highest BCUT2D eigenvalue weighted by Crippen LogP contribution is 2.10. The van der Waals surface area contributed by atoms with Crippen molar-refractivity contribution in [2.45, 2.75) is 6.92 Å². The van der Waals surface area contributed by atoms with Crippen LogP contribution in [0.3, 0.4) is 0 Å². The third kappa shape index (κ3) is 3.08. The topological polar surface area (TPSA) is 29.4 Å². The predicted molar refractivity (Wildman–Crippen MR) is 50.1 cm³/mol. The van der Waals surface area contributed by atoms with Crippen LogP contribution in [0, 0.1) is 6.92 Å². The van der Waals surface area contributed by atoms with Gasteiger partial charge in [0.05, 0.1) is 5.69 Å². The van der Waals surface area contributed by atoms with Gasteiger partial charge in [-0.05, 0) is 19.1 Å². The second-order valence-electron chi connectivity index (χ2n) is 2.04. The SMILES string of the molecule is Cc1ccc(N=C=O)cc1.P. The quantitative estimate of drug-likeness (QED) is 0.357. The van der Waals surface area contributed by atoms with E-state index in [4.69, 9.17) is 0 Å². The fourth-order valence-corrected chi connectivity index (χ4v) is 0.672. The zero-order valence-electron chi connectivity index (χ0n) is 6.37. The van der Waals surface area contributed by atoms with Crippen LogP contribution in [0.2, 0.25) is 0 Å². The van der Waals surface area contributed by atoms with Crippen LogP contribution in [0.25, 0.3) is 0 Å². The second kappa shape index (κ2) is 4.79. The minimum atomic E-state index is 0. The average Bonchev–Trinajstić information content (AvgIpc) is 1.95. The number of isocyanates is 1. The summed E-state index contributed by atoms with van der Waals surface area (Å²) < 4.78 is 0. The molecule has 0 spiro atoms. The first kappa shape index (κ1) is 10.0. The molecule has 0 aliphatic heterocycles. The number of aryl methyl sites for hydroxylation is 1. The Hall–Kier alpha value is -0.970. The lowest BCUT2D eigenvalue weighted by Crippen LogP contribution is -1.67. The number of rotatable bonds is 1. The lowest BCUT2D eigenvalue weighted by atomic mass is 10.2. The summed E-state index contributed by atoms with van der Waals surface area (Å²) in [6.45, 7) is 1.98. The summed E-state index contributed by atoms with van der Waals surface area (Å²) in [6, 6.07) is 7.35. The highest BCUT2D eigenvalue weighted by atomic mass is 31.0. The van der Waals surface area contributed by atoms with Crippen molar-refractivity contribution in [2.75, 3.05) is 0 Å². The molecule has 1 unspecified atom stereocenters. The van der Waals surface area contributed by atoms with Gasteiger partial charge < -0.3 is 0 Å². The van der Waals surface area contributed by atoms with Crippen molar-refractivity contribution >= 4 is 21.7 Å². The molecule has 0 fully saturated rings. The average molecular weight is 167 g/mol. The summed E-state index contributed by atoms with van der Waals surface area (Å²) in [7, 11) is 0. The fraction of sp³-hybridized carbons (Fsp3) is 0.125. The highest BCUT2D eigenvalue weighted by molar-refractivity contribution is 6.92. The summed E-state index contributed by atoms with van der Waals surface area (Å²) in [6.07, 6.45) is 1.48. The molecule has 2 nitrogen and oxygen atoms in total. The van der Waals surface area contributed by atoms with Crippen LogP contribution in [0.1, 0.15) is 5.56 Å².